The van der Waals surface area contributed by atoms with Gasteiger partial charge in [0.05, 0.1) is 20.2 Å². The quantitative estimate of drug-likeness (QED) is 0.145. The largest absolute Gasteiger partial charge is 4.00 e. The van der Waals surface area contributed by atoms with E-state index in [1.54, 1.807) is 21.1 Å². The van der Waals surface area contributed by atoms with Gasteiger partial charge < -0.3 is 9.11 Å². The molecule has 0 saturated heterocycles. The Labute approximate surface area is 273 Å². The number of fused-ring (bicyclic) bond motifs is 2. The molecule has 0 saturated carbocycles. The summed E-state index contributed by atoms with van der Waals surface area (Å²) in [5.74, 6) is 1.05. The average molecular weight is 708 g/mol. The van der Waals surface area contributed by atoms with E-state index in [2.05, 4.69) is 105 Å². The van der Waals surface area contributed by atoms with Crippen LogP contribution in [0.15, 0.2) is 36.4 Å². The Bertz CT molecular complexity index is 1630. The summed E-state index contributed by atoms with van der Waals surface area (Å²) in [6, 6.07) is 14.3. The van der Waals surface area contributed by atoms with Gasteiger partial charge in [-0.25, -0.2) is 16.8 Å². The second kappa shape index (κ2) is 14.1. The first kappa shape index (κ1) is 38.6. The van der Waals surface area contributed by atoms with E-state index < -0.39 is 28.3 Å². The molecule has 0 radical (unpaired) electrons. The zero-order valence-corrected chi connectivity index (χ0v) is 32.0. The minimum atomic E-state index is -3.92. The summed E-state index contributed by atoms with van der Waals surface area (Å²) in [6.45, 7) is 23.8. The van der Waals surface area contributed by atoms with Crippen LogP contribution in [-0.2, 0) is 46.4 Å². The zero-order chi connectivity index (χ0) is 31.8. The van der Waals surface area contributed by atoms with Crippen molar-refractivity contribution in [1.29, 1.82) is 0 Å². The van der Waals surface area contributed by atoms with Crippen LogP contribution in [0, 0.1) is 27.7 Å². The van der Waals surface area contributed by atoms with Gasteiger partial charge in [-0.3, -0.25) is 0 Å². The Hall–Kier alpha value is -1.42. The number of rotatable bonds is 4. The van der Waals surface area contributed by atoms with Crippen LogP contribution in [0.5, 0.6) is 0 Å². The van der Waals surface area contributed by atoms with Gasteiger partial charge in [-0.15, -0.1) is 68.1 Å². The molecule has 0 unspecified atom stereocenters. The van der Waals surface area contributed by atoms with Crippen LogP contribution < -0.4 is 10.4 Å². The molecule has 4 aromatic rings. The molecule has 0 fully saturated rings. The van der Waals surface area contributed by atoms with Gasteiger partial charge in [-0.05, 0) is 11.8 Å². The molecule has 4 aromatic carbocycles. The van der Waals surface area contributed by atoms with Crippen molar-refractivity contribution in [3.63, 3.8) is 0 Å². The van der Waals surface area contributed by atoms with Crippen LogP contribution in [0.1, 0.15) is 72.9 Å². The minimum Gasteiger partial charge on any atom is -0.748 e. The molecule has 6 nitrogen and oxygen atoms in total. The van der Waals surface area contributed by atoms with E-state index in [9.17, 15) is 0 Å². The first-order chi connectivity index (χ1) is 18.5. The standard InChI is InChI=1S/C30H38Si.2CH4O3S.Zr/c1-17(2)23-13-11-19(5)25-15-21(7)29(27(23)25)31(9,10)30-22(8)16-26-20(6)12-14-24(18(3)4)28(26)30;2*1-5(2,3)4;/h11-18H,1-10H3;2*1H3,(H,2,3,4);/q-2;;;+4/p-2. The van der Waals surface area contributed by atoms with E-state index >= 15 is 0 Å². The molecule has 0 aliphatic carbocycles. The van der Waals surface area contributed by atoms with Crippen LogP contribution in [-0.4, -0.2) is 46.5 Å². The first-order valence-corrected chi connectivity index (χ1v) is 20.3. The first-order valence-electron chi connectivity index (χ1n) is 13.7. The number of hydrogen-bond donors (Lipinski definition) is 0. The number of benzene rings is 2. The maximum atomic E-state index is 9.08. The summed E-state index contributed by atoms with van der Waals surface area (Å²) >= 11 is 0. The van der Waals surface area contributed by atoms with Gasteiger partial charge >= 0.3 is 26.2 Å². The van der Waals surface area contributed by atoms with Gasteiger partial charge in [-0.1, -0.05) is 91.7 Å². The topological polar surface area (TPSA) is 114 Å². The molecule has 0 atom stereocenters. The second-order valence-electron chi connectivity index (χ2n) is 12.3. The monoisotopic (exact) mass is 706 g/mol. The van der Waals surface area contributed by atoms with Crippen LogP contribution in [0.25, 0.3) is 21.5 Å². The maximum absolute atomic E-state index is 9.08. The molecule has 0 bridgehead atoms. The Morgan fingerprint density at radius 2 is 0.905 bits per heavy atom. The van der Waals surface area contributed by atoms with Gasteiger partial charge in [0, 0.05) is 20.6 Å². The fourth-order valence-corrected chi connectivity index (χ4v) is 10.3. The van der Waals surface area contributed by atoms with Crippen LogP contribution in [0.2, 0.25) is 13.1 Å². The third kappa shape index (κ3) is 9.29. The Kier molecular flexibility index (Phi) is 13.0. The molecule has 42 heavy (non-hydrogen) atoms. The van der Waals surface area contributed by atoms with Gasteiger partial charge in [0.25, 0.3) is 0 Å². The summed E-state index contributed by atoms with van der Waals surface area (Å²) in [6.07, 6.45) is 1.21. The van der Waals surface area contributed by atoms with Crippen molar-refractivity contribution in [3.8, 4) is 0 Å². The van der Waals surface area contributed by atoms with Crippen LogP contribution >= 0.6 is 0 Å². The molecule has 0 aliphatic rings. The molecule has 228 valence electrons. The molecule has 4 rings (SSSR count). The van der Waals surface area contributed by atoms with Crippen molar-refractivity contribution in [1.82, 2.24) is 0 Å². The molecule has 0 aliphatic heterocycles. The molecular formula is C32H44O6S2SiZr. The van der Waals surface area contributed by atoms with Gasteiger partial charge in [0.1, 0.15) is 0 Å². The maximum Gasteiger partial charge on any atom is 4.00 e. The van der Waals surface area contributed by atoms with Crippen molar-refractivity contribution in [3.05, 3.63) is 69.8 Å². The second-order valence-corrected chi connectivity index (χ2v) is 19.3. The molecular weight excluding hydrogens is 664 g/mol. The van der Waals surface area contributed by atoms with Crippen LogP contribution in [0.4, 0.5) is 0 Å². The molecule has 0 heterocycles. The summed E-state index contributed by atoms with van der Waals surface area (Å²) in [4.78, 5) is 0. The zero-order valence-electron chi connectivity index (χ0n) is 26.9. The molecule has 0 N–H and O–H groups in total. The average Bonchev–Trinajstić information content (AvgIpc) is 3.30. The third-order valence-electron chi connectivity index (χ3n) is 7.50. The predicted octanol–water partition coefficient (Wildman–Crippen LogP) is 6.05. The van der Waals surface area contributed by atoms with Crippen molar-refractivity contribution in [2.45, 2.75) is 80.3 Å². The molecule has 0 aromatic heterocycles. The van der Waals surface area contributed by atoms with Gasteiger partial charge in [0.2, 0.25) is 0 Å². The normalized spacial score (nSPS) is 12.2. The summed E-state index contributed by atoms with van der Waals surface area (Å²) < 4.78 is 54.5. The summed E-state index contributed by atoms with van der Waals surface area (Å²) in [7, 11) is -9.80. The minimum absolute atomic E-state index is 0. The van der Waals surface area contributed by atoms with E-state index in [4.69, 9.17) is 25.9 Å². The van der Waals surface area contributed by atoms with E-state index in [1.165, 1.54) is 44.2 Å². The Balaban J connectivity index is 0.000000694. The number of hydrogen-bond acceptors (Lipinski definition) is 6. The smallest absolute Gasteiger partial charge is 0.748 e. The predicted molar refractivity (Wildman–Crippen MR) is 174 cm³/mol. The fourth-order valence-electron chi connectivity index (χ4n) is 6.08. The Morgan fingerprint density at radius 1 is 0.643 bits per heavy atom. The van der Waals surface area contributed by atoms with Crippen LogP contribution in [0.3, 0.4) is 0 Å². The Morgan fingerprint density at radius 3 is 1.14 bits per heavy atom. The summed E-state index contributed by atoms with van der Waals surface area (Å²) in [5.41, 5.74) is 8.80. The SMILES string of the molecule is CS(=O)(=O)[O-].CS(=O)(=O)[O-].Cc1[cH-]c2c(C)ccc(C(C)C)c2c1[Si](C)(C)c1c(C)[cH-]c2c(C)ccc(C(C)C)c12.[Zr+4]. The third-order valence-corrected chi connectivity index (χ3v) is 11.3. The molecule has 0 amide bonds. The number of aryl methyl sites for hydroxylation is 4. The fraction of sp³-hybridized carbons (Fsp3) is 0.438. The van der Waals surface area contributed by atoms with E-state index in [0.29, 0.717) is 24.3 Å². The van der Waals surface area contributed by atoms with Crippen molar-refractivity contribution in [2.75, 3.05) is 12.5 Å². The van der Waals surface area contributed by atoms with Crippen molar-refractivity contribution < 1.29 is 52.1 Å². The van der Waals surface area contributed by atoms with Crippen molar-refractivity contribution in [2.24, 2.45) is 0 Å². The van der Waals surface area contributed by atoms with E-state index in [1.807, 2.05) is 0 Å². The van der Waals surface area contributed by atoms with Crippen molar-refractivity contribution >= 4 is 60.2 Å². The van der Waals surface area contributed by atoms with E-state index in [0.717, 1.165) is 0 Å². The van der Waals surface area contributed by atoms with Gasteiger partial charge in [-0.2, -0.15) is 10.4 Å². The molecule has 0 spiro atoms. The van der Waals surface area contributed by atoms with Gasteiger partial charge in [0.15, 0.2) is 0 Å². The van der Waals surface area contributed by atoms with E-state index in [-0.39, 0.29) is 26.2 Å². The molecule has 10 heteroatoms. The summed E-state index contributed by atoms with van der Waals surface area (Å²) in [5, 5.41) is 9.35.